The molecule has 1 aliphatic heterocycles. The van der Waals surface area contributed by atoms with Crippen molar-refractivity contribution >= 4 is 24.8 Å². The van der Waals surface area contributed by atoms with E-state index in [0.29, 0.717) is 43.4 Å². The minimum absolute atomic E-state index is 0.0212. The molecule has 0 aromatic carbocycles. The number of nitro groups is 1. The zero-order valence-corrected chi connectivity index (χ0v) is 25.2. The molecule has 1 amide bonds. The third-order valence-corrected chi connectivity index (χ3v) is 9.45. The molecule has 2 bridgehead atoms. The van der Waals surface area contributed by atoms with Crippen LogP contribution in [0, 0.1) is 39.2 Å². The van der Waals surface area contributed by atoms with Crippen LogP contribution < -0.4 is 16.5 Å². The zero-order valence-electron chi connectivity index (χ0n) is 25.2. The lowest BCUT2D eigenvalue weighted by Gasteiger charge is -2.64. The van der Waals surface area contributed by atoms with Crippen LogP contribution in [0.2, 0.25) is 0 Å². The van der Waals surface area contributed by atoms with Gasteiger partial charge in [-0.3, -0.25) is 9.59 Å². The number of carbonyl (C=O) groups excluding carboxylic acids is 2. The molecule has 4 fully saturated rings. The van der Waals surface area contributed by atoms with Gasteiger partial charge in [-0.1, -0.05) is 52.9 Å². The smallest absolute Gasteiger partial charge is 0.404 e. The number of guanidine groups is 1. The summed E-state index contributed by atoms with van der Waals surface area (Å²) >= 11 is 0. The van der Waals surface area contributed by atoms with Crippen molar-refractivity contribution in [2.24, 2.45) is 39.8 Å². The molecule has 11 nitrogen and oxygen atoms in total. The normalized spacial score (nSPS) is 28.4. The van der Waals surface area contributed by atoms with E-state index in [0.717, 1.165) is 32.1 Å². The second-order valence-electron chi connectivity index (χ2n) is 13.3. The molecule has 4 aliphatic rings. The van der Waals surface area contributed by atoms with E-state index in [1.54, 1.807) is 0 Å². The van der Waals surface area contributed by atoms with Crippen LogP contribution in [-0.2, 0) is 18.9 Å². The Balaban J connectivity index is 1.68. The maximum absolute atomic E-state index is 13.7. The Hall–Kier alpha value is -2.21. The Labute approximate surface area is 239 Å². The largest absolute Gasteiger partial charge is 0.481 e. The molecule has 3 aliphatic carbocycles. The zero-order chi connectivity index (χ0) is 29.7. The molecule has 40 heavy (non-hydrogen) atoms. The number of hydrogen-bond donors (Lipinski definition) is 3. The molecule has 0 radical (unpaired) electrons. The fraction of sp³-hybridized carbons (Fsp3) is 0.893. The molecule has 4 rings (SSSR count). The summed E-state index contributed by atoms with van der Waals surface area (Å²) in [7, 11) is -0.532. The molecule has 0 aromatic heterocycles. The SMILES string of the molecule is CCCCCC(=O)C[C@@H](CCCN=C(N)N[N+](=O)[O-])C(=O)N[C@@H](CC(C)C)B1O[C@@H]2C[C@@H]3C[C@@H](C3(C)C)[C@]2(C)O1. The topological polar surface area (TPSA) is 158 Å². The Bertz CT molecular complexity index is 946. The summed E-state index contributed by atoms with van der Waals surface area (Å²) in [5, 5.41) is 13.0. The Morgan fingerprint density at radius 3 is 2.55 bits per heavy atom. The number of hydrogen-bond acceptors (Lipinski definition) is 7. The summed E-state index contributed by atoms with van der Waals surface area (Å²) in [5.41, 5.74) is 7.18. The number of nitrogens with two attached hydrogens (primary N) is 1. The molecular formula is C28H50BN5O6. The highest BCUT2D eigenvalue weighted by atomic mass is 16.7. The van der Waals surface area contributed by atoms with Crippen LogP contribution in [0.3, 0.4) is 0 Å². The molecule has 12 heteroatoms. The van der Waals surface area contributed by atoms with Gasteiger partial charge in [-0.05, 0) is 68.6 Å². The van der Waals surface area contributed by atoms with E-state index < -0.39 is 18.1 Å². The molecule has 1 heterocycles. The van der Waals surface area contributed by atoms with Crippen LogP contribution in [0.5, 0.6) is 0 Å². The summed E-state index contributed by atoms with van der Waals surface area (Å²) in [6.07, 6.45) is 7.15. The van der Waals surface area contributed by atoms with Gasteiger partial charge in [0.15, 0.2) is 5.03 Å². The summed E-state index contributed by atoms with van der Waals surface area (Å²) in [6.45, 7) is 13.3. The molecular weight excluding hydrogens is 513 g/mol. The molecule has 0 unspecified atom stereocenters. The maximum Gasteiger partial charge on any atom is 0.481 e. The number of ketones is 1. The standard InChI is InChI=1S/C28H50BN5O6/c1-7-8-9-12-21(35)15-19(11-10-13-31-26(30)33-34(37)38)25(36)32-24(14-18(2)3)29-39-23-17-20-16-22(27(20,4)5)28(23,6)40-29/h18-20,22-24H,7-17H2,1-6H3,(H,32,36)(H3,30,31,33)/t19-,20+,22+,23-,24+,28+/m1/s1. The van der Waals surface area contributed by atoms with Crippen molar-refractivity contribution in [1.82, 2.24) is 10.7 Å². The third-order valence-electron chi connectivity index (χ3n) is 9.45. The van der Waals surface area contributed by atoms with Crippen LogP contribution in [0.25, 0.3) is 0 Å². The Kier molecular flexibility index (Phi) is 11.0. The van der Waals surface area contributed by atoms with E-state index in [4.69, 9.17) is 15.0 Å². The predicted octanol–water partition coefficient (Wildman–Crippen LogP) is 3.82. The first-order valence-electron chi connectivity index (χ1n) is 15.1. The van der Waals surface area contributed by atoms with Gasteiger partial charge in [0.25, 0.3) is 5.96 Å². The van der Waals surface area contributed by atoms with E-state index in [2.05, 4.69) is 51.9 Å². The van der Waals surface area contributed by atoms with Crippen LogP contribution in [-0.4, -0.2) is 54.0 Å². The summed E-state index contributed by atoms with van der Waals surface area (Å²) in [6, 6.07) is 0. The first kappa shape index (κ1) is 32.3. The molecule has 1 saturated heterocycles. The highest BCUT2D eigenvalue weighted by molar-refractivity contribution is 6.47. The fourth-order valence-corrected chi connectivity index (χ4v) is 7.06. The van der Waals surface area contributed by atoms with Crippen LogP contribution in [0.15, 0.2) is 4.99 Å². The molecule has 4 N–H and O–H groups in total. The lowest BCUT2D eigenvalue weighted by atomic mass is 9.43. The van der Waals surface area contributed by atoms with Crippen molar-refractivity contribution in [3.8, 4) is 0 Å². The van der Waals surface area contributed by atoms with E-state index >= 15 is 0 Å². The summed E-state index contributed by atoms with van der Waals surface area (Å²) in [4.78, 5) is 40.9. The van der Waals surface area contributed by atoms with Crippen molar-refractivity contribution in [3.05, 3.63) is 10.1 Å². The van der Waals surface area contributed by atoms with Crippen molar-refractivity contribution in [3.63, 3.8) is 0 Å². The van der Waals surface area contributed by atoms with Gasteiger partial charge < -0.3 is 20.4 Å². The highest BCUT2D eigenvalue weighted by Gasteiger charge is 2.68. The fourth-order valence-electron chi connectivity index (χ4n) is 7.06. The summed E-state index contributed by atoms with van der Waals surface area (Å²) < 4.78 is 13.2. The number of rotatable bonds is 16. The van der Waals surface area contributed by atoms with Gasteiger partial charge in [0.2, 0.25) is 5.91 Å². The highest BCUT2D eigenvalue weighted by Crippen LogP contribution is 2.65. The van der Waals surface area contributed by atoms with Gasteiger partial charge in [0, 0.05) is 25.3 Å². The first-order valence-corrected chi connectivity index (χ1v) is 15.1. The molecule has 3 saturated carbocycles. The third kappa shape index (κ3) is 7.75. The monoisotopic (exact) mass is 563 g/mol. The summed E-state index contributed by atoms with van der Waals surface area (Å²) in [5.74, 6) is 0.101. The van der Waals surface area contributed by atoms with Crippen LogP contribution in [0.4, 0.5) is 0 Å². The van der Waals surface area contributed by atoms with E-state index in [-0.39, 0.29) is 53.7 Å². The second-order valence-corrected chi connectivity index (χ2v) is 13.3. The number of nitrogens with zero attached hydrogens (tertiary/aromatic N) is 2. The number of carbonyl (C=O) groups is 2. The van der Waals surface area contributed by atoms with Crippen molar-refractivity contribution < 1.29 is 23.9 Å². The lowest BCUT2D eigenvalue weighted by molar-refractivity contribution is -0.525. The van der Waals surface area contributed by atoms with Gasteiger partial charge in [-0.25, -0.2) is 15.1 Å². The van der Waals surface area contributed by atoms with E-state index in [1.165, 1.54) is 0 Å². The van der Waals surface area contributed by atoms with Gasteiger partial charge in [0.05, 0.1) is 17.6 Å². The van der Waals surface area contributed by atoms with Gasteiger partial charge in [-0.15, -0.1) is 0 Å². The van der Waals surface area contributed by atoms with E-state index in [9.17, 15) is 19.7 Å². The minimum Gasteiger partial charge on any atom is -0.404 e. The Morgan fingerprint density at radius 1 is 1.20 bits per heavy atom. The van der Waals surface area contributed by atoms with Crippen molar-refractivity contribution in [2.75, 3.05) is 6.54 Å². The molecule has 0 aromatic rings. The maximum atomic E-state index is 13.7. The lowest BCUT2D eigenvalue weighted by Crippen LogP contribution is -2.65. The number of unbranched alkanes of at least 4 members (excludes halogenated alkanes) is 2. The van der Waals surface area contributed by atoms with Gasteiger partial charge in [0.1, 0.15) is 5.78 Å². The molecule has 0 spiro atoms. The van der Waals surface area contributed by atoms with Crippen molar-refractivity contribution in [1.29, 1.82) is 0 Å². The number of aliphatic imine (C=N–C) groups is 1. The predicted molar refractivity (Wildman–Crippen MR) is 155 cm³/mol. The van der Waals surface area contributed by atoms with Gasteiger partial charge >= 0.3 is 7.12 Å². The number of nitrogens with one attached hydrogen (secondary N) is 2. The molecule has 6 atom stereocenters. The first-order chi connectivity index (χ1) is 18.8. The Morgan fingerprint density at radius 2 is 1.93 bits per heavy atom. The quantitative estimate of drug-likeness (QED) is 0.0639. The number of hydrazine groups is 1. The van der Waals surface area contributed by atoms with Crippen LogP contribution >= 0.6 is 0 Å². The van der Waals surface area contributed by atoms with E-state index in [1.807, 2.05) is 5.43 Å². The van der Waals surface area contributed by atoms with Gasteiger partial charge in [-0.2, -0.15) is 0 Å². The average Bonchev–Trinajstić information content (AvgIpc) is 3.22. The number of amides is 1. The van der Waals surface area contributed by atoms with Crippen molar-refractivity contribution in [2.45, 2.75) is 123 Å². The van der Waals surface area contributed by atoms with Crippen LogP contribution in [0.1, 0.15) is 106 Å². The molecule has 226 valence electrons. The minimum atomic E-state index is -0.771. The number of Topliss-reactive ketones (excluding diaryl/α,β-unsaturated/α-hetero) is 1. The second kappa shape index (κ2) is 13.6. The average molecular weight is 564 g/mol.